The molecule has 2 aromatic carbocycles. The lowest BCUT2D eigenvalue weighted by Gasteiger charge is -2.17. The topological polar surface area (TPSA) is 63.7 Å². The van der Waals surface area contributed by atoms with Gasteiger partial charge in [0.2, 0.25) is 10.0 Å². The first-order valence-corrected chi connectivity index (χ1v) is 9.47. The highest BCUT2D eigenvalue weighted by Crippen LogP contribution is 2.28. The Kier molecular flexibility index (Phi) is 5.08. The van der Waals surface area contributed by atoms with Crippen LogP contribution < -0.4 is 4.74 Å². The Bertz CT molecular complexity index is 911. The third-order valence-electron chi connectivity index (χ3n) is 3.86. The van der Waals surface area contributed by atoms with Gasteiger partial charge in [-0.25, -0.2) is 17.6 Å². The number of esters is 1. The lowest BCUT2D eigenvalue weighted by atomic mass is 10.2. The maximum Gasteiger partial charge on any atom is 0.343 e. The summed E-state index contributed by atoms with van der Waals surface area (Å²) in [6.45, 7) is 0.854. The smallest absolute Gasteiger partial charge is 0.343 e. The molecule has 2 aromatic rings. The normalized spacial score (nSPS) is 15.3. The van der Waals surface area contributed by atoms with Crippen molar-refractivity contribution < 1.29 is 22.3 Å². The molecule has 0 aliphatic carbocycles. The minimum Gasteiger partial charge on any atom is -0.423 e. The standard InChI is InChI=1S/C17H15ClFNO4S/c18-15-7-6-12(17(21)24-14-5-3-4-13(19)11-14)10-16(15)25(22,23)20-8-1-2-9-20/h3-7,10-11H,1-2,8-9H2. The average molecular weight is 384 g/mol. The van der Waals surface area contributed by atoms with Crippen molar-refractivity contribution in [1.82, 2.24) is 4.31 Å². The molecule has 0 atom stereocenters. The first-order valence-electron chi connectivity index (χ1n) is 7.65. The summed E-state index contributed by atoms with van der Waals surface area (Å²) in [6.07, 6.45) is 1.58. The maximum atomic E-state index is 13.2. The van der Waals surface area contributed by atoms with Crippen LogP contribution in [-0.4, -0.2) is 31.8 Å². The maximum absolute atomic E-state index is 13.2. The summed E-state index contributed by atoms with van der Waals surface area (Å²) in [5, 5.41) is 0.0363. The number of nitrogens with zero attached hydrogens (tertiary/aromatic N) is 1. The molecule has 0 amide bonds. The summed E-state index contributed by atoms with van der Waals surface area (Å²) in [5.74, 6) is -1.30. The van der Waals surface area contributed by atoms with E-state index in [0.717, 1.165) is 18.9 Å². The van der Waals surface area contributed by atoms with E-state index < -0.39 is 21.8 Å². The van der Waals surface area contributed by atoms with E-state index in [-0.39, 0.29) is 21.2 Å². The number of rotatable bonds is 4. The molecule has 1 aliphatic rings. The number of ether oxygens (including phenoxy) is 1. The van der Waals surface area contributed by atoms with E-state index in [1.807, 2.05) is 0 Å². The van der Waals surface area contributed by atoms with Crippen LogP contribution in [0.1, 0.15) is 23.2 Å². The number of hydrogen-bond donors (Lipinski definition) is 0. The van der Waals surface area contributed by atoms with Gasteiger partial charge in [0.05, 0.1) is 10.6 Å². The average Bonchev–Trinajstić information content (AvgIpc) is 3.10. The molecule has 0 spiro atoms. The fraction of sp³-hybridized carbons (Fsp3) is 0.235. The minimum absolute atomic E-state index is 0.0198. The molecule has 1 heterocycles. The van der Waals surface area contributed by atoms with Gasteiger partial charge in [-0.05, 0) is 43.2 Å². The molecule has 0 aromatic heterocycles. The van der Waals surface area contributed by atoms with Crippen molar-refractivity contribution in [2.45, 2.75) is 17.7 Å². The Balaban J connectivity index is 1.89. The number of benzene rings is 2. The fourth-order valence-electron chi connectivity index (χ4n) is 2.59. The second-order valence-corrected chi connectivity index (χ2v) is 7.92. The Morgan fingerprint density at radius 1 is 1.12 bits per heavy atom. The van der Waals surface area contributed by atoms with Crippen molar-refractivity contribution in [2.24, 2.45) is 0 Å². The molecular weight excluding hydrogens is 369 g/mol. The predicted molar refractivity (Wildman–Crippen MR) is 90.8 cm³/mol. The lowest BCUT2D eigenvalue weighted by Crippen LogP contribution is -2.28. The fourth-order valence-corrected chi connectivity index (χ4v) is 4.61. The van der Waals surface area contributed by atoms with Gasteiger partial charge < -0.3 is 4.74 Å². The van der Waals surface area contributed by atoms with Crippen LogP contribution in [0, 0.1) is 5.82 Å². The van der Waals surface area contributed by atoms with Gasteiger partial charge >= 0.3 is 5.97 Å². The second kappa shape index (κ2) is 7.11. The largest absolute Gasteiger partial charge is 0.423 e. The van der Waals surface area contributed by atoms with Gasteiger partial charge in [0.1, 0.15) is 16.5 Å². The van der Waals surface area contributed by atoms with Crippen LogP contribution in [0.5, 0.6) is 5.75 Å². The van der Waals surface area contributed by atoms with Crippen molar-refractivity contribution in [2.75, 3.05) is 13.1 Å². The summed E-state index contributed by atoms with van der Waals surface area (Å²) < 4.78 is 44.9. The van der Waals surface area contributed by atoms with E-state index in [0.29, 0.717) is 13.1 Å². The zero-order valence-electron chi connectivity index (χ0n) is 13.1. The number of halogens is 2. The van der Waals surface area contributed by atoms with Crippen molar-refractivity contribution in [1.29, 1.82) is 0 Å². The van der Waals surface area contributed by atoms with E-state index in [2.05, 4.69) is 0 Å². The van der Waals surface area contributed by atoms with Gasteiger partial charge in [0.25, 0.3) is 0 Å². The van der Waals surface area contributed by atoms with Gasteiger partial charge in [-0.3, -0.25) is 0 Å². The summed E-state index contributed by atoms with van der Waals surface area (Å²) in [4.78, 5) is 12.1. The Morgan fingerprint density at radius 3 is 2.52 bits per heavy atom. The van der Waals surface area contributed by atoms with Crippen LogP contribution in [0.3, 0.4) is 0 Å². The molecule has 0 unspecified atom stereocenters. The summed E-state index contributed by atoms with van der Waals surface area (Å²) in [6, 6.07) is 9.02. The molecule has 8 heteroatoms. The quantitative estimate of drug-likeness (QED) is 0.599. The molecule has 0 radical (unpaired) electrons. The summed E-state index contributed by atoms with van der Waals surface area (Å²) in [7, 11) is -3.77. The second-order valence-electron chi connectivity index (χ2n) is 5.60. The predicted octanol–water partition coefficient (Wildman–Crippen LogP) is 3.48. The molecule has 1 fully saturated rings. The van der Waals surface area contributed by atoms with E-state index in [4.69, 9.17) is 16.3 Å². The molecular formula is C17H15ClFNO4S. The molecule has 3 rings (SSSR count). The van der Waals surface area contributed by atoms with Crippen molar-refractivity contribution >= 4 is 27.6 Å². The molecule has 1 saturated heterocycles. The highest BCUT2D eigenvalue weighted by atomic mass is 35.5. The third kappa shape index (κ3) is 3.84. The SMILES string of the molecule is O=C(Oc1cccc(F)c1)c1ccc(Cl)c(S(=O)(=O)N2CCCC2)c1. The highest BCUT2D eigenvalue weighted by molar-refractivity contribution is 7.89. The molecule has 132 valence electrons. The summed E-state index contributed by atoms with van der Waals surface area (Å²) >= 11 is 6.04. The zero-order chi connectivity index (χ0) is 18.0. The van der Waals surface area contributed by atoms with E-state index in [1.165, 1.54) is 40.7 Å². The van der Waals surface area contributed by atoms with Gasteiger partial charge in [-0.1, -0.05) is 17.7 Å². The molecule has 25 heavy (non-hydrogen) atoms. The van der Waals surface area contributed by atoms with E-state index in [1.54, 1.807) is 0 Å². The monoisotopic (exact) mass is 383 g/mol. The van der Waals surface area contributed by atoms with Crippen molar-refractivity contribution in [3.63, 3.8) is 0 Å². The minimum atomic E-state index is -3.77. The molecule has 0 bridgehead atoms. The van der Waals surface area contributed by atoms with Gasteiger partial charge in [0.15, 0.2) is 0 Å². The number of sulfonamides is 1. The van der Waals surface area contributed by atoms with Gasteiger partial charge in [-0.2, -0.15) is 4.31 Å². The zero-order valence-corrected chi connectivity index (χ0v) is 14.7. The first kappa shape index (κ1) is 17.8. The molecule has 1 aliphatic heterocycles. The van der Waals surface area contributed by atoms with Gasteiger partial charge in [-0.15, -0.1) is 0 Å². The Morgan fingerprint density at radius 2 is 1.84 bits per heavy atom. The molecule has 0 saturated carbocycles. The Hall–Kier alpha value is -1.96. The van der Waals surface area contributed by atoms with E-state index in [9.17, 15) is 17.6 Å². The summed E-state index contributed by atoms with van der Waals surface area (Å²) in [5.41, 5.74) is 0.0198. The van der Waals surface area contributed by atoms with Crippen LogP contribution in [0.25, 0.3) is 0 Å². The number of hydrogen-bond acceptors (Lipinski definition) is 4. The highest BCUT2D eigenvalue weighted by Gasteiger charge is 2.30. The molecule has 0 N–H and O–H groups in total. The third-order valence-corrected chi connectivity index (χ3v) is 6.24. The first-order chi connectivity index (χ1) is 11.9. The Labute approximate surface area is 150 Å². The van der Waals surface area contributed by atoms with Crippen molar-refractivity contribution in [3.05, 3.63) is 58.9 Å². The number of carbonyl (C=O) groups is 1. The van der Waals surface area contributed by atoms with Crippen LogP contribution >= 0.6 is 11.6 Å². The van der Waals surface area contributed by atoms with E-state index >= 15 is 0 Å². The van der Waals surface area contributed by atoms with Gasteiger partial charge in [0, 0.05) is 19.2 Å². The lowest BCUT2D eigenvalue weighted by molar-refractivity contribution is 0.0734. The van der Waals surface area contributed by atoms with Crippen LogP contribution in [0.4, 0.5) is 4.39 Å². The van der Waals surface area contributed by atoms with Crippen LogP contribution in [0.2, 0.25) is 5.02 Å². The van der Waals surface area contributed by atoms with Crippen molar-refractivity contribution in [3.8, 4) is 5.75 Å². The van der Waals surface area contributed by atoms with Crippen LogP contribution in [-0.2, 0) is 10.0 Å². The van der Waals surface area contributed by atoms with Crippen LogP contribution in [0.15, 0.2) is 47.4 Å². The number of carbonyl (C=O) groups excluding carboxylic acids is 1. The molecule has 5 nitrogen and oxygen atoms in total.